The molecule has 0 aliphatic heterocycles. The molecule has 8 aromatic carbocycles. The standard InChI is InChI=1S/C44H26O2/c1-2-12-27(13-3-1)28-22-24-29(25-23-28)40-31-15-4-6-17-33(31)41(34-18-7-5-16-32(34)40)37-26-36-30-14-8-10-20-38(30)45-43(36)42-35-19-9-11-21-39(35)46-44(37)42/h1-26H/i4D,5D,6D,7D,15D,16D,17D,18D. The van der Waals surface area contributed by atoms with Gasteiger partial charge in [-0.1, -0.05) is 139 Å². The number of hydrogen-bond donors (Lipinski definition) is 0. The molecule has 2 heteroatoms. The van der Waals surface area contributed by atoms with Crippen molar-refractivity contribution < 1.29 is 19.8 Å². The van der Waals surface area contributed by atoms with Gasteiger partial charge in [0.1, 0.15) is 22.3 Å². The molecule has 0 aliphatic carbocycles. The third-order valence-electron chi connectivity index (χ3n) is 8.91. The van der Waals surface area contributed by atoms with Crippen molar-refractivity contribution in [1.82, 2.24) is 0 Å². The first-order valence-corrected chi connectivity index (χ1v) is 15.0. The van der Waals surface area contributed by atoms with Gasteiger partial charge in [0.2, 0.25) is 0 Å². The fourth-order valence-corrected chi connectivity index (χ4v) is 6.89. The normalized spacial score (nSPS) is 14.3. The lowest BCUT2D eigenvalue weighted by molar-refractivity contribution is 0.663. The summed E-state index contributed by atoms with van der Waals surface area (Å²) in [6, 6.07) is 31.1. The second kappa shape index (κ2) is 9.69. The monoisotopic (exact) mass is 594 g/mol. The van der Waals surface area contributed by atoms with Gasteiger partial charge < -0.3 is 8.83 Å². The highest BCUT2D eigenvalue weighted by atomic mass is 16.3. The lowest BCUT2D eigenvalue weighted by Gasteiger charge is -2.18. The van der Waals surface area contributed by atoms with Crippen LogP contribution in [0.4, 0.5) is 0 Å². The average Bonchev–Trinajstić information content (AvgIpc) is 3.78. The fourth-order valence-electron chi connectivity index (χ4n) is 6.89. The molecular formula is C44H26O2. The Kier molecular flexibility index (Phi) is 3.92. The molecule has 0 N–H and O–H groups in total. The van der Waals surface area contributed by atoms with E-state index >= 15 is 0 Å². The summed E-state index contributed by atoms with van der Waals surface area (Å²) in [6.07, 6.45) is 0. The van der Waals surface area contributed by atoms with Crippen molar-refractivity contribution in [2.24, 2.45) is 0 Å². The van der Waals surface area contributed by atoms with Gasteiger partial charge in [-0.3, -0.25) is 0 Å². The molecule has 0 unspecified atom stereocenters. The van der Waals surface area contributed by atoms with E-state index in [1.807, 2.05) is 109 Å². The van der Waals surface area contributed by atoms with Crippen LogP contribution in [0.3, 0.4) is 0 Å². The first-order valence-electron chi connectivity index (χ1n) is 19.0. The largest absolute Gasteiger partial charge is 0.455 e. The van der Waals surface area contributed by atoms with E-state index in [1.165, 1.54) is 0 Å². The molecule has 0 aliphatic rings. The molecule has 46 heavy (non-hydrogen) atoms. The summed E-state index contributed by atoms with van der Waals surface area (Å²) in [6.45, 7) is 0. The van der Waals surface area contributed by atoms with E-state index in [1.54, 1.807) is 0 Å². The summed E-state index contributed by atoms with van der Waals surface area (Å²) in [5.41, 5.74) is 5.51. The molecule has 0 saturated carbocycles. The van der Waals surface area contributed by atoms with E-state index in [-0.39, 0.29) is 56.8 Å². The van der Waals surface area contributed by atoms with Gasteiger partial charge >= 0.3 is 0 Å². The zero-order chi connectivity index (χ0) is 37.2. The number of para-hydroxylation sites is 2. The van der Waals surface area contributed by atoms with E-state index in [0.29, 0.717) is 38.8 Å². The number of rotatable bonds is 3. The van der Waals surface area contributed by atoms with E-state index in [9.17, 15) is 5.48 Å². The minimum absolute atomic E-state index is 0.120. The summed E-state index contributed by atoms with van der Waals surface area (Å²) in [7, 11) is 0. The second-order valence-electron chi connectivity index (χ2n) is 11.4. The molecular weight excluding hydrogens is 560 g/mol. The smallest absolute Gasteiger partial charge is 0.147 e. The molecule has 0 spiro atoms. The Balaban J connectivity index is 1.47. The summed E-state index contributed by atoms with van der Waals surface area (Å²) in [5, 5.41) is 3.48. The lowest BCUT2D eigenvalue weighted by Crippen LogP contribution is -1.91. The molecule has 10 aromatic rings. The Morgan fingerprint density at radius 1 is 0.391 bits per heavy atom. The molecule has 2 nitrogen and oxygen atoms in total. The van der Waals surface area contributed by atoms with Crippen LogP contribution in [-0.4, -0.2) is 0 Å². The highest BCUT2D eigenvalue weighted by molar-refractivity contribution is 6.29. The number of fused-ring (bicyclic) bond motifs is 9. The Morgan fingerprint density at radius 3 is 1.57 bits per heavy atom. The maximum Gasteiger partial charge on any atom is 0.147 e. The van der Waals surface area contributed by atoms with Crippen LogP contribution in [0.2, 0.25) is 0 Å². The average molecular weight is 595 g/mol. The van der Waals surface area contributed by atoms with Crippen LogP contribution >= 0.6 is 0 Å². The number of hydrogen-bond acceptors (Lipinski definition) is 2. The summed E-state index contributed by atoms with van der Waals surface area (Å²) < 4.78 is 86.2. The molecule has 0 fully saturated rings. The van der Waals surface area contributed by atoms with Crippen molar-refractivity contribution >= 4 is 65.4 Å². The molecule has 0 radical (unpaired) electrons. The van der Waals surface area contributed by atoms with Gasteiger partial charge in [-0.05, 0) is 62.0 Å². The molecule has 0 bridgehead atoms. The quantitative estimate of drug-likeness (QED) is 0.190. The van der Waals surface area contributed by atoms with Gasteiger partial charge in [0.25, 0.3) is 0 Å². The van der Waals surface area contributed by atoms with Gasteiger partial charge in [0.15, 0.2) is 0 Å². The van der Waals surface area contributed by atoms with Crippen LogP contribution in [0.5, 0.6) is 0 Å². The van der Waals surface area contributed by atoms with E-state index < -0.39 is 24.2 Å². The van der Waals surface area contributed by atoms with E-state index in [4.69, 9.17) is 14.3 Å². The number of furan rings is 2. The Morgan fingerprint density at radius 2 is 0.891 bits per heavy atom. The van der Waals surface area contributed by atoms with Gasteiger partial charge in [-0.2, -0.15) is 0 Å². The molecule has 2 aromatic heterocycles. The van der Waals surface area contributed by atoms with Crippen LogP contribution in [0.15, 0.2) is 166 Å². The summed E-state index contributed by atoms with van der Waals surface area (Å²) in [4.78, 5) is 0. The molecule has 10 rings (SSSR count). The summed E-state index contributed by atoms with van der Waals surface area (Å²) in [5.74, 6) is 0. The Hall–Kier alpha value is -6.12. The summed E-state index contributed by atoms with van der Waals surface area (Å²) >= 11 is 0. The van der Waals surface area contributed by atoms with Gasteiger partial charge in [-0.25, -0.2) is 0 Å². The lowest BCUT2D eigenvalue weighted by atomic mass is 9.85. The Labute approximate surface area is 276 Å². The molecule has 2 heterocycles. The van der Waals surface area contributed by atoms with Crippen LogP contribution in [0, 0.1) is 0 Å². The second-order valence-corrected chi connectivity index (χ2v) is 11.4. The van der Waals surface area contributed by atoms with Crippen molar-refractivity contribution in [2.45, 2.75) is 0 Å². The topological polar surface area (TPSA) is 26.3 Å². The highest BCUT2D eigenvalue weighted by Crippen LogP contribution is 2.49. The van der Waals surface area contributed by atoms with Crippen molar-refractivity contribution in [3.63, 3.8) is 0 Å². The van der Waals surface area contributed by atoms with Gasteiger partial charge in [0, 0.05) is 27.3 Å². The number of benzene rings is 8. The van der Waals surface area contributed by atoms with Crippen LogP contribution < -0.4 is 0 Å². The molecule has 0 amide bonds. The third kappa shape index (κ3) is 3.59. The first kappa shape index (κ1) is 18.6. The van der Waals surface area contributed by atoms with Crippen LogP contribution in [0.25, 0.3) is 98.8 Å². The molecule has 214 valence electrons. The van der Waals surface area contributed by atoms with Crippen molar-refractivity contribution in [1.29, 1.82) is 0 Å². The zero-order valence-electron chi connectivity index (χ0n) is 32.2. The minimum atomic E-state index is -0.463. The maximum atomic E-state index is 9.46. The fraction of sp³-hybridized carbons (Fsp3) is 0. The van der Waals surface area contributed by atoms with Crippen LogP contribution in [0.1, 0.15) is 11.0 Å². The van der Waals surface area contributed by atoms with Crippen molar-refractivity contribution in [3.05, 3.63) is 158 Å². The SMILES string of the molecule is [2H]c1c([2H])c([2H])c2c(-c3cc4c5ccccc5oc4c4c3oc3ccccc34)c3c([2H])c([2H])c([2H])c([2H])c3c(-c3ccc(-c4ccccc4)cc3)c2c1[2H]. The van der Waals surface area contributed by atoms with Crippen molar-refractivity contribution in [3.8, 4) is 33.4 Å². The van der Waals surface area contributed by atoms with E-state index in [0.717, 1.165) is 27.3 Å². The highest BCUT2D eigenvalue weighted by Gasteiger charge is 2.24. The minimum Gasteiger partial charge on any atom is -0.455 e. The van der Waals surface area contributed by atoms with Crippen LogP contribution in [-0.2, 0) is 0 Å². The van der Waals surface area contributed by atoms with Crippen molar-refractivity contribution in [2.75, 3.05) is 0 Å². The third-order valence-corrected chi connectivity index (χ3v) is 8.91. The molecule has 0 saturated heterocycles. The predicted octanol–water partition coefficient (Wildman–Crippen LogP) is 12.8. The van der Waals surface area contributed by atoms with E-state index in [2.05, 4.69) is 0 Å². The molecule has 0 atom stereocenters. The Bertz CT molecular complexity index is 3160. The zero-order valence-corrected chi connectivity index (χ0v) is 24.2. The first-order chi connectivity index (χ1) is 26.2. The maximum absolute atomic E-state index is 9.46. The van der Waals surface area contributed by atoms with Gasteiger partial charge in [0.05, 0.1) is 16.4 Å². The van der Waals surface area contributed by atoms with Gasteiger partial charge in [-0.15, -0.1) is 0 Å². The predicted molar refractivity (Wildman–Crippen MR) is 192 cm³/mol.